The van der Waals surface area contributed by atoms with E-state index < -0.39 is 0 Å². The molecule has 0 aliphatic carbocycles. The largest absolute Gasteiger partial charge is 0.287 e. The van der Waals surface area contributed by atoms with Crippen LogP contribution < -0.4 is 4.90 Å². The molecular formula is C12H14ClNO. The van der Waals surface area contributed by atoms with Crippen molar-refractivity contribution in [3.63, 3.8) is 0 Å². The first-order chi connectivity index (χ1) is 7.11. The van der Waals surface area contributed by atoms with Crippen molar-refractivity contribution in [1.82, 2.24) is 0 Å². The van der Waals surface area contributed by atoms with Crippen LogP contribution in [0.25, 0.3) is 0 Å². The fourth-order valence-corrected chi connectivity index (χ4v) is 1.70. The number of carbonyl (C=O) groups is 1. The van der Waals surface area contributed by atoms with Gasteiger partial charge in [-0.3, -0.25) is 9.69 Å². The van der Waals surface area contributed by atoms with Crippen molar-refractivity contribution in [1.29, 1.82) is 0 Å². The van der Waals surface area contributed by atoms with Gasteiger partial charge in [0.25, 0.3) is 0 Å². The van der Waals surface area contributed by atoms with Crippen LogP contribution in [0.15, 0.2) is 31.0 Å². The lowest BCUT2D eigenvalue weighted by Crippen LogP contribution is -2.27. The van der Waals surface area contributed by atoms with Gasteiger partial charge < -0.3 is 0 Å². The molecule has 0 heterocycles. The van der Waals surface area contributed by atoms with Gasteiger partial charge in [-0.1, -0.05) is 24.8 Å². The molecule has 0 bridgehead atoms. The Kier molecular flexibility index (Phi) is 3.92. The van der Waals surface area contributed by atoms with Crippen molar-refractivity contribution < 1.29 is 4.79 Å². The summed E-state index contributed by atoms with van der Waals surface area (Å²) >= 11 is 5.54. The van der Waals surface area contributed by atoms with Gasteiger partial charge in [0.15, 0.2) is 0 Å². The highest BCUT2D eigenvalue weighted by Crippen LogP contribution is 2.24. The van der Waals surface area contributed by atoms with Crippen LogP contribution in [0.1, 0.15) is 11.1 Å². The monoisotopic (exact) mass is 223 g/mol. The average molecular weight is 224 g/mol. The number of anilines is 1. The molecule has 0 saturated heterocycles. The Morgan fingerprint density at radius 1 is 1.47 bits per heavy atom. The molecule has 0 saturated carbocycles. The molecule has 3 heteroatoms. The number of benzene rings is 1. The number of hydrogen-bond acceptors (Lipinski definition) is 1. The highest BCUT2D eigenvalue weighted by Gasteiger charge is 2.15. The minimum Gasteiger partial charge on any atom is -0.287 e. The van der Waals surface area contributed by atoms with Crippen LogP contribution in [0.3, 0.4) is 0 Å². The number of rotatable bonds is 3. The molecule has 0 aromatic heterocycles. The van der Waals surface area contributed by atoms with Crippen molar-refractivity contribution in [2.24, 2.45) is 0 Å². The van der Waals surface area contributed by atoms with E-state index in [0.717, 1.165) is 16.8 Å². The molecule has 0 radical (unpaired) electrons. The number of halogens is 1. The van der Waals surface area contributed by atoms with E-state index in [0.29, 0.717) is 0 Å². The summed E-state index contributed by atoms with van der Waals surface area (Å²) in [4.78, 5) is 13.1. The van der Waals surface area contributed by atoms with Gasteiger partial charge in [0, 0.05) is 6.20 Å². The second kappa shape index (κ2) is 4.99. The van der Waals surface area contributed by atoms with E-state index in [1.807, 2.05) is 32.0 Å². The summed E-state index contributed by atoms with van der Waals surface area (Å²) in [5, 5.41) is 0. The molecule has 1 aromatic rings. The lowest BCUT2D eigenvalue weighted by atomic mass is 10.1. The summed E-state index contributed by atoms with van der Waals surface area (Å²) in [5.41, 5.74) is 2.94. The van der Waals surface area contributed by atoms with E-state index in [9.17, 15) is 4.79 Å². The van der Waals surface area contributed by atoms with Crippen LogP contribution in [0.4, 0.5) is 5.69 Å². The lowest BCUT2D eigenvalue weighted by Gasteiger charge is -2.21. The Hall–Kier alpha value is -1.28. The van der Waals surface area contributed by atoms with Crippen LogP contribution in [-0.4, -0.2) is 11.8 Å². The fourth-order valence-electron chi connectivity index (χ4n) is 1.57. The molecule has 0 fully saturated rings. The molecule has 0 spiro atoms. The standard InChI is InChI=1S/C12H14ClNO/c1-4-14(11(15)8-13)12-9(2)6-5-7-10(12)3/h4-7H,1,8H2,2-3H3. The fraction of sp³-hybridized carbons (Fsp3) is 0.250. The highest BCUT2D eigenvalue weighted by molar-refractivity contribution is 6.29. The molecule has 1 amide bonds. The Morgan fingerprint density at radius 3 is 2.40 bits per heavy atom. The highest BCUT2D eigenvalue weighted by atomic mass is 35.5. The van der Waals surface area contributed by atoms with E-state index in [1.54, 1.807) is 0 Å². The zero-order chi connectivity index (χ0) is 11.4. The van der Waals surface area contributed by atoms with Crippen molar-refractivity contribution in [3.8, 4) is 0 Å². The van der Waals surface area contributed by atoms with Crippen LogP contribution in [-0.2, 0) is 4.79 Å². The molecule has 0 unspecified atom stereocenters. The Bertz CT molecular complexity index is 367. The van der Waals surface area contributed by atoms with Crippen LogP contribution in [0.2, 0.25) is 0 Å². The lowest BCUT2D eigenvalue weighted by molar-refractivity contribution is -0.115. The number of alkyl halides is 1. The number of amides is 1. The molecule has 0 N–H and O–H groups in total. The van der Waals surface area contributed by atoms with Crippen LogP contribution >= 0.6 is 11.6 Å². The Labute approximate surface area is 95.2 Å². The third kappa shape index (κ3) is 2.39. The van der Waals surface area contributed by atoms with E-state index in [4.69, 9.17) is 11.6 Å². The van der Waals surface area contributed by atoms with Crippen LogP contribution in [0.5, 0.6) is 0 Å². The average Bonchev–Trinajstić information content (AvgIpc) is 2.22. The minimum absolute atomic E-state index is 0.0419. The first-order valence-electron chi connectivity index (χ1n) is 4.68. The number of para-hydroxylation sites is 1. The van der Waals surface area contributed by atoms with Gasteiger partial charge in [-0.05, 0) is 25.0 Å². The van der Waals surface area contributed by atoms with Gasteiger partial charge in [0.05, 0.1) is 5.69 Å². The van der Waals surface area contributed by atoms with E-state index in [-0.39, 0.29) is 11.8 Å². The molecule has 80 valence electrons. The summed E-state index contributed by atoms with van der Waals surface area (Å²) in [5.74, 6) is -0.205. The van der Waals surface area contributed by atoms with Gasteiger partial charge in [0.2, 0.25) is 5.91 Å². The molecular weight excluding hydrogens is 210 g/mol. The van der Waals surface area contributed by atoms with Gasteiger partial charge in [-0.2, -0.15) is 0 Å². The van der Waals surface area contributed by atoms with Gasteiger partial charge in [-0.25, -0.2) is 0 Å². The molecule has 1 aromatic carbocycles. The summed E-state index contributed by atoms with van der Waals surface area (Å²) in [6.07, 6.45) is 1.50. The summed E-state index contributed by atoms with van der Waals surface area (Å²) < 4.78 is 0. The maximum Gasteiger partial charge on any atom is 0.245 e. The molecule has 15 heavy (non-hydrogen) atoms. The summed E-state index contributed by atoms with van der Waals surface area (Å²) in [6.45, 7) is 7.55. The number of hydrogen-bond donors (Lipinski definition) is 0. The van der Waals surface area contributed by atoms with Gasteiger partial charge >= 0.3 is 0 Å². The van der Waals surface area contributed by atoms with Crippen molar-refractivity contribution in [2.75, 3.05) is 10.8 Å². The van der Waals surface area contributed by atoms with Gasteiger partial charge in [0.1, 0.15) is 5.88 Å². The summed E-state index contributed by atoms with van der Waals surface area (Å²) in [6, 6.07) is 5.88. The van der Waals surface area contributed by atoms with E-state index >= 15 is 0 Å². The van der Waals surface area contributed by atoms with Gasteiger partial charge in [-0.15, -0.1) is 11.6 Å². The smallest absolute Gasteiger partial charge is 0.245 e. The van der Waals surface area contributed by atoms with Crippen LogP contribution in [0, 0.1) is 13.8 Å². The maximum absolute atomic E-state index is 11.6. The molecule has 2 nitrogen and oxygen atoms in total. The zero-order valence-corrected chi connectivity index (χ0v) is 9.71. The SMILES string of the molecule is C=CN(C(=O)CCl)c1c(C)cccc1C. The predicted octanol–water partition coefficient (Wildman–Crippen LogP) is 3.02. The van der Waals surface area contributed by atoms with Crippen molar-refractivity contribution >= 4 is 23.2 Å². The second-order valence-corrected chi connectivity index (χ2v) is 3.59. The van der Waals surface area contributed by atoms with E-state index in [2.05, 4.69) is 6.58 Å². The predicted molar refractivity (Wildman–Crippen MR) is 64.3 cm³/mol. The minimum atomic E-state index is -0.163. The molecule has 0 atom stereocenters. The Balaban J connectivity index is 3.23. The Morgan fingerprint density at radius 2 is 2.00 bits per heavy atom. The summed E-state index contributed by atoms with van der Waals surface area (Å²) in [7, 11) is 0. The number of carbonyl (C=O) groups excluding carboxylic acids is 1. The first kappa shape index (κ1) is 11.8. The molecule has 1 rings (SSSR count). The zero-order valence-electron chi connectivity index (χ0n) is 8.96. The topological polar surface area (TPSA) is 20.3 Å². The quantitative estimate of drug-likeness (QED) is 0.722. The third-order valence-corrected chi connectivity index (χ3v) is 2.47. The molecule has 0 aliphatic rings. The second-order valence-electron chi connectivity index (χ2n) is 3.32. The molecule has 0 aliphatic heterocycles. The number of aryl methyl sites for hydroxylation is 2. The normalized spacial score (nSPS) is 9.80. The first-order valence-corrected chi connectivity index (χ1v) is 5.22. The number of nitrogens with zero attached hydrogens (tertiary/aromatic N) is 1. The van der Waals surface area contributed by atoms with Crippen molar-refractivity contribution in [2.45, 2.75) is 13.8 Å². The maximum atomic E-state index is 11.6. The van der Waals surface area contributed by atoms with E-state index in [1.165, 1.54) is 11.1 Å². The van der Waals surface area contributed by atoms with Crippen molar-refractivity contribution in [3.05, 3.63) is 42.1 Å². The third-order valence-electron chi connectivity index (χ3n) is 2.25.